The van der Waals surface area contributed by atoms with Crippen LogP contribution in [0.3, 0.4) is 0 Å². The molecule has 0 fully saturated rings. The number of nitrogens with zero attached hydrogens (tertiary/aromatic N) is 2. The van der Waals surface area contributed by atoms with Gasteiger partial charge in [0.15, 0.2) is 11.5 Å². The van der Waals surface area contributed by atoms with Crippen LogP contribution in [0.5, 0.6) is 11.5 Å². The van der Waals surface area contributed by atoms with Gasteiger partial charge < -0.3 is 14.8 Å². The fraction of sp³-hybridized carbons (Fsp3) is 0.455. The molecule has 1 aliphatic rings. The summed E-state index contributed by atoms with van der Waals surface area (Å²) in [7, 11) is 0. The lowest BCUT2D eigenvalue weighted by molar-refractivity contribution is -0.122. The summed E-state index contributed by atoms with van der Waals surface area (Å²) in [6, 6.07) is 9.94. The summed E-state index contributed by atoms with van der Waals surface area (Å²) >= 11 is 0. The van der Waals surface area contributed by atoms with Crippen LogP contribution in [0.1, 0.15) is 37.3 Å². The highest BCUT2D eigenvalue weighted by molar-refractivity contribution is 5.78. The summed E-state index contributed by atoms with van der Waals surface area (Å²) in [5, 5.41) is 3.03. The molecule has 1 aromatic heterocycles. The number of carbonyl (C=O) groups is 1. The molecule has 1 amide bonds. The van der Waals surface area contributed by atoms with Crippen LogP contribution in [0.15, 0.2) is 42.7 Å². The van der Waals surface area contributed by atoms with Gasteiger partial charge in [0.05, 0.1) is 19.8 Å². The maximum absolute atomic E-state index is 12.4. The van der Waals surface area contributed by atoms with Crippen LogP contribution in [-0.4, -0.2) is 42.1 Å². The van der Waals surface area contributed by atoms with E-state index in [1.54, 1.807) is 12.4 Å². The molecule has 0 aliphatic carbocycles. The molecule has 150 valence electrons. The fourth-order valence-electron chi connectivity index (χ4n) is 3.34. The standard InChI is InChI=1S/C22H29N3O3/c1-2-27-20-8-6-7-19-16-25(15-18-9-12-23-13-10-18)17-21(26)24-11-4-3-5-14-28-22(19)20/h6-10,12-13H,2-5,11,14-17H2,1H3,(H,24,26). The number of ether oxygens (including phenoxy) is 2. The highest BCUT2D eigenvalue weighted by atomic mass is 16.5. The molecular formula is C22H29N3O3. The predicted octanol–water partition coefficient (Wildman–Crippen LogP) is 3.16. The summed E-state index contributed by atoms with van der Waals surface area (Å²) < 4.78 is 11.9. The van der Waals surface area contributed by atoms with E-state index in [2.05, 4.69) is 21.3 Å². The van der Waals surface area contributed by atoms with Crippen molar-refractivity contribution < 1.29 is 14.3 Å². The molecule has 0 unspecified atom stereocenters. The normalized spacial score (nSPS) is 16.5. The Morgan fingerprint density at radius 2 is 2.00 bits per heavy atom. The van der Waals surface area contributed by atoms with Gasteiger partial charge in [-0.15, -0.1) is 0 Å². The van der Waals surface area contributed by atoms with E-state index in [4.69, 9.17) is 9.47 Å². The first-order valence-electron chi connectivity index (χ1n) is 10.0. The minimum absolute atomic E-state index is 0.0525. The zero-order chi connectivity index (χ0) is 19.6. The number of rotatable bonds is 4. The van der Waals surface area contributed by atoms with Crippen molar-refractivity contribution in [1.29, 1.82) is 0 Å². The molecule has 6 nitrogen and oxygen atoms in total. The Labute approximate surface area is 166 Å². The van der Waals surface area contributed by atoms with Crippen LogP contribution in [0.2, 0.25) is 0 Å². The van der Waals surface area contributed by atoms with E-state index in [1.165, 1.54) is 0 Å². The monoisotopic (exact) mass is 383 g/mol. The third-order valence-corrected chi connectivity index (χ3v) is 4.67. The van der Waals surface area contributed by atoms with Crippen LogP contribution in [-0.2, 0) is 17.9 Å². The number of benzene rings is 1. The molecular weight excluding hydrogens is 354 g/mol. The van der Waals surface area contributed by atoms with E-state index < -0.39 is 0 Å². The Hall–Kier alpha value is -2.60. The molecule has 3 rings (SSSR count). The number of fused-ring (bicyclic) bond motifs is 1. The maximum Gasteiger partial charge on any atom is 0.234 e. The van der Waals surface area contributed by atoms with Gasteiger partial charge in [-0.3, -0.25) is 14.7 Å². The first-order chi connectivity index (χ1) is 13.8. The van der Waals surface area contributed by atoms with Crippen molar-refractivity contribution in [2.75, 3.05) is 26.3 Å². The molecule has 1 aliphatic heterocycles. The molecule has 1 N–H and O–H groups in total. The maximum atomic E-state index is 12.4. The number of para-hydroxylation sites is 1. The highest BCUT2D eigenvalue weighted by Gasteiger charge is 2.18. The van der Waals surface area contributed by atoms with Gasteiger partial charge in [0.1, 0.15) is 0 Å². The summed E-state index contributed by atoms with van der Waals surface area (Å²) in [5.41, 5.74) is 2.16. The summed E-state index contributed by atoms with van der Waals surface area (Å²) in [6.07, 6.45) is 6.49. The van der Waals surface area contributed by atoms with E-state index in [9.17, 15) is 4.79 Å². The third-order valence-electron chi connectivity index (χ3n) is 4.67. The van der Waals surface area contributed by atoms with Crippen molar-refractivity contribution in [3.05, 3.63) is 53.9 Å². The SMILES string of the molecule is CCOc1cccc2c1OCCCCCNC(=O)CN(Cc1ccncc1)C2. The lowest BCUT2D eigenvalue weighted by Crippen LogP contribution is -2.37. The largest absolute Gasteiger partial charge is 0.490 e. The molecule has 1 aromatic carbocycles. The predicted molar refractivity (Wildman–Crippen MR) is 108 cm³/mol. The molecule has 0 saturated carbocycles. The van der Waals surface area contributed by atoms with Crippen molar-refractivity contribution in [1.82, 2.24) is 15.2 Å². The van der Waals surface area contributed by atoms with Crippen molar-refractivity contribution in [3.63, 3.8) is 0 Å². The number of aromatic nitrogens is 1. The summed E-state index contributed by atoms with van der Waals surface area (Å²) in [5.74, 6) is 1.61. The topological polar surface area (TPSA) is 63.7 Å². The number of nitrogens with one attached hydrogen (secondary N) is 1. The molecule has 0 atom stereocenters. The number of carbonyl (C=O) groups excluding carboxylic acids is 1. The zero-order valence-electron chi connectivity index (χ0n) is 16.5. The Balaban J connectivity index is 1.87. The number of pyridine rings is 1. The molecule has 2 aromatic rings. The summed E-state index contributed by atoms with van der Waals surface area (Å²) in [4.78, 5) is 18.7. The smallest absolute Gasteiger partial charge is 0.234 e. The van der Waals surface area contributed by atoms with Crippen molar-refractivity contribution in [2.24, 2.45) is 0 Å². The average Bonchev–Trinajstić information content (AvgIpc) is 2.70. The van der Waals surface area contributed by atoms with Gasteiger partial charge in [0, 0.05) is 37.6 Å². The van der Waals surface area contributed by atoms with Crippen LogP contribution in [0, 0.1) is 0 Å². The second kappa shape index (κ2) is 10.7. The van der Waals surface area contributed by atoms with Crippen LogP contribution < -0.4 is 14.8 Å². The van der Waals surface area contributed by atoms with E-state index in [1.807, 2.05) is 31.2 Å². The quantitative estimate of drug-likeness (QED) is 0.879. The molecule has 0 radical (unpaired) electrons. The van der Waals surface area contributed by atoms with E-state index in [0.717, 1.165) is 41.9 Å². The lowest BCUT2D eigenvalue weighted by Gasteiger charge is -2.24. The molecule has 0 bridgehead atoms. The van der Waals surface area contributed by atoms with Crippen LogP contribution in [0.4, 0.5) is 0 Å². The fourth-order valence-corrected chi connectivity index (χ4v) is 3.34. The van der Waals surface area contributed by atoms with Gasteiger partial charge in [-0.25, -0.2) is 0 Å². The van der Waals surface area contributed by atoms with Crippen LogP contribution >= 0.6 is 0 Å². The molecule has 0 saturated heterocycles. The van der Waals surface area contributed by atoms with E-state index in [-0.39, 0.29) is 5.91 Å². The lowest BCUT2D eigenvalue weighted by atomic mass is 10.1. The molecule has 0 spiro atoms. The van der Waals surface area contributed by atoms with Gasteiger partial charge in [-0.05, 0) is 49.9 Å². The van der Waals surface area contributed by atoms with Crippen molar-refractivity contribution in [3.8, 4) is 11.5 Å². The van der Waals surface area contributed by atoms with Gasteiger partial charge in [-0.2, -0.15) is 0 Å². The van der Waals surface area contributed by atoms with Crippen LogP contribution in [0.25, 0.3) is 0 Å². The zero-order valence-corrected chi connectivity index (χ0v) is 16.5. The van der Waals surface area contributed by atoms with E-state index >= 15 is 0 Å². The molecule has 6 heteroatoms. The highest BCUT2D eigenvalue weighted by Crippen LogP contribution is 2.33. The molecule has 2 heterocycles. The van der Waals surface area contributed by atoms with E-state index in [0.29, 0.717) is 39.4 Å². The second-order valence-electron chi connectivity index (χ2n) is 6.94. The number of amides is 1. The van der Waals surface area contributed by atoms with Gasteiger partial charge >= 0.3 is 0 Å². The second-order valence-corrected chi connectivity index (χ2v) is 6.94. The van der Waals surface area contributed by atoms with Crippen molar-refractivity contribution >= 4 is 5.91 Å². The van der Waals surface area contributed by atoms with Gasteiger partial charge in [0.25, 0.3) is 0 Å². The van der Waals surface area contributed by atoms with Crippen molar-refractivity contribution in [2.45, 2.75) is 39.3 Å². The Kier molecular flexibility index (Phi) is 7.67. The minimum atomic E-state index is 0.0525. The number of hydrogen-bond acceptors (Lipinski definition) is 5. The minimum Gasteiger partial charge on any atom is -0.490 e. The summed E-state index contributed by atoms with van der Waals surface area (Å²) in [6.45, 7) is 5.51. The first kappa shape index (κ1) is 20.1. The number of hydrogen-bond donors (Lipinski definition) is 1. The Bertz CT molecular complexity index is 752. The third kappa shape index (κ3) is 5.96. The Morgan fingerprint density at radius 1 is 1.14 bits per heavy atom. The van der Waals surface area contributed by atoms with Gasteiger partial charge in [-0.1, -0.05) is 12.1 Å². The van der Waals surface area contributed by atoms with Gasteiger partial charge in [0.2, 0.25) is 5.91 Å². The Morgan fingerprint density at radius 3 is 2.82 bits per heavy atom. The molecule has 28 heavy (non-hydrogen) atoms. The first-order valence-corrected chi connectivity index (χ1v) is 10.0. The average molecular weight is 383 g/mol.